The Morgan fingerprint density at radius 1 is 1.32 bits per heavy atom. The largest absolute Gasteiger partial charge is 0.508 e. The molecule has 2 N–H and O–H groups in total. The van der Waals surface area contributed by atoms with Gasteiger partial charge in [0.2, 0.25) is 0 Å². The molecule has 0 fully saturated rings. The highest BCUT2D eigenvalue weighted by molar-refractivity contribution is 5.35. The van der Waals surface area contributed by atoms with Gasteiger partial charge in [-0.25, -0.2) is 4.39 Å². The monoisotopic (exact) mass is 264 g/mol. The van der Waals surface area contributed by atoms with E-state index in [1.54, 1.807) is 6.33 Å². The number of phenolic OH excluding ortho intramolecular Hbond substituents is 1. The van der Waals surface area contributed by atoms with Gasteiger partial charge in [0.25, 0.3) is 0 Å². The van der Waals surface area contributed by atoms with Crippen molar-refractivity contribution in [2.45, 2.75) is 25.9 Å². The van der Waals surface area contributed by atoms with Crippen molar-refractivity contribution in [1.29, 1.82) is 0 Å². The third kappa shape index (κ3) is 2.90. The molecule has 0 radical (unpaired) electrons. The second-order valence-electron chi connectivity index (χ2n) is 4.61. The van der Waals surface area contributed by atoms with Gasteiger partial charge in [0.15, 0.2) is 0 Å². The third-order valence-electron chi connectivity index (χ3n) is 3.09. The summed E-state index contributed by atoms with van der Waals surface area (Å²) in [4.78, 5) is 0. The Balaban J connectivity index is 2.15. The number of halogens is 1. The van der Waals surface area contributed by atoms with E-state index in [1.165, 1.54) is 18.2 Å². The molecule has 2 rings (SSSR count). The molecule has 102 valence electrons. The van der Waals surface area contributed by atoms with Crippen LogP contribution >= 0.6 is 0 Å². The summed E-state index contributed by atoms with van der Waals surface area (Å²) in [5.74, 6) is 0.488. The van der Waals surface area contributed by atoms with Crippen LogP contribution in [0.2, 0.25) is 0 Å². The number of hydrogen-bond acceptors (Lipinski definition) is 4. The van der Waals surface area contributed by atoms with Crippen LogP contribution in [0.4, 0.5) is 4.39 Å². The van der Waals surface area contributed by atoms with Crippen LogP contribution in [0.5, 0.6) is 5.75 Å². The van der Waals surface area contributed by atoms with Gasteiger partial charge < -0.3 is 15.0 Å². The molecule has 0 amide bonds. The van der Waals surface area contributed by atoms with Crippen LogP contribution in [0.3, 0.4) is 0 Å². The van der Waals surface area contributed by atoms with Crippen molar-refractivity contribution in [2.24, 2.45) is 7.05 Å². The van der Waals surface area contributed by atoms with Crippen molar-refractivity contribution >= 4 is 0 Å². The van der Waals surface area contributed by atoms with E-state index >= 15 is 0 Å². The summed E-state index contributed by atoms with van der Waals surface area (Å²) in [5.41, 5.74) is 0.522. The quantitative estimate of drug-likeness (QED) is 0.887. The van der Waals surface area contributed by atoms with Crippen LogP contribution in [-0.2, 0) is 7.05 Å². The molecule has 2 aromatic rings. The van der Waals surface area contributed by atoms with E-state index in [2.05, 4.69) is 15.5 Å². The standard InChI is InChI=1S/C13H17FN4O/c1-8(11-6-10(14)4-5-12(11)19)16-9(2)13-17-15-7-18(13)3/h4-9,16,19H,1-3H3. The number of aryl methyl sites for hydroxylation is 1. The normalized spacial score (nSPS) is 14.3. The van der Waals surface area contributed by atoms with Crippen LogP contribution in [0, 0.1) is 5.82 Å². The summed E-state index contributed by atoms with van der Waals surface area (Å²) in [6.07, 6.45) is 1.62. The topological polar surface area (TPSA) is 63.0 Å². The zero-order chi connectivity index (χ0) is 14.0. The van der Waals surface area contributed by atoms with Crippen molar-refractivity contribution < 1.29 is 9.50 Å². The first-order chi connectivity index (χ1) is 8.99. The number of nitrogens with one attached hydrogen (secondary N) is 1. The van der Waals surface area contributed by atoms with E-state index in [9.17, 15) is 9.50 Å². The summed E-state index contributed by atoms with van der Waals surface area (Å²) >= 11 is 0. The first kappa shape index (κ1) is 13.5. The summed E-state index contributed by atoms with van der Waals surface area (Å²) in [6.45, 7) is 3.80. The number of benzene rings is 1. The summed E-state index contributed by atoms with van der Waals surface area (Å²) in [7, 11) is 1.86. The maximum Gasteiger partial charge on any atom is 0.149 e. The van der Waals surface area contributed by atoms with E-state index in [-0.39, 0.29) is 23.7 Å². The molecule has 2 unspecified atom stereocenters. The number of nitrogens with zero attached hydrogens (tertiary/aromatic N) is 3. The number of phenols is 1. The van der Waals surface area contributed by atoms with Crippen LogP contribution in [-0.4, -0.2) is 19.9 Å². The molecular formula is C13H17FN4O. The van der Waals surface area contributed by atoms with Gasteiger partial charge in [-0.05, 0) is 32.0 Å². The van der Waals surface area contributed by atoms with E-state index in [0.29, 0.717) is 5.56 Å². The van der Waals surface area contributed by atoms with Crippen LogP contribution in [0.1, 0.15) is 37.3 Å². The Morgan fingerprint density at radius 3 is 2.68 bits per heavy atom. The molecule has 1 heterocycles. The van der Waals surface area contributed by atoms with Crippen LogP contribution in [0.15, 0.2) is 24.5 Å². The highest BCUT2D eigenvalue weighted by Crippen LogP contribution is 2.26. The molecule has 2 atom stereocenters. The molecule has 19 heavy (non-hydrogen) atoms. The zero-order valence-corrected chi connectivity index (χ0v) is 11.1. The SMILES string of the molecule is CC(NC(C)c1nncn1C)c1cc(F)ccc1O. The van der Waals surface area contributed by atoms with Gasteiger partial charge in [-0.15, -0.1) is 10.2 Å². The number of rotatable bonds is 4. The van der Waals surface area contributed by atoms with E-state index < -0.39 is 0 Å². The van der Waals surface area contributed by atoms with Gasteiger partial charge in [0.05, 0.1) is 6.04 Å². The minimum Gasteiger partial charge on any atom is -0.508 e. The fourth-order valence-corrected chi connectivity index (χ4v) is 2.10. The number of hydrogen-bond donors (Lipinski definition) is 2. The van der Waals surface area contributed by atoms with Gasteiger partial charge in [-0.3, -0.25) is 0 Å². The van der Waals surface area contributed by atoms with Crippen LogP contribution < -0.4 is 5.32 Å². The summed E-state index contributed by atoms with van der Waals surface area (Å²) in [5, 5.41) is 20.9. The highest BCUT2D eigenvalue weighted by Gasteiger charge is 2.17. The first-order valence-electron chi connectivity index (χ1n) is 6.07. The van der Waals surface area contributed by atoms with E-state index in [4.69, 9.17) is 0 Å². The highest BCUT2D eigenvalue weighted by atomic mass is 19.1. The van der Waals surface area contributed by atoms with Crippen molar-refractivity contribution in [3.8, 4) is 5.75 Å². The smallest absolute Gasteiger partial charge is 0.149 e. The van der Waals surface area contributed by atoms with E-state index in [0.717, 1.165) is 5.82 Å². The van der Waals surface area contributed by atoms with E-state index in [1.807, 2.05) is 25.5 Å². The fraction of sp³-hybridized carbons (Fsp3) is 0.385. The summed E-state index contributed by atoms with van der Waals surface area (Å²) < 4.78 is 15.0. The molecule has 0 saturated heterocycles. The predicted octanol–water partition coefficient (Wildman–Crippen LogP) is 2.07. The molecule has 1 aromatic carbocycles. The second-order valence-corrected chi connectivity index (χ2v) is 4.61. The van der Waals surface area contributed by atoms with Gasteiger partial charge >= 0.3 is 0 Å². The fourth-order valence-electron chi connectivity index (χ4n) is 2.10. The Morgan fingerprint density at radius 2 is 2.05 bits per heavy atom. The Labute approximate surface area is 111 Å². The lowest BCUT2D eigenvalue weighted by atomic mass is 10.1. The Kier molecular flexibility index (Phi) is 3.80. The summed E-state index contributed by atoms with van der Waals surface area (Å²) in [6, 6.07) is 3.65. The van der Waals surface area contributed by atoms with Crippen molar-refractivity contribution in [1.82, 2.24) is 20.1 Å². The maximum absolute atomic E-state index is 13.2. The maximum atomic E-state index is 13.2. The third-order valence-corrected chi connectivity index (χ3v) is 3.09. The molecular weight excluding hydrogens is 247 g/mol. The van der Waals surface area contributed by atoms with Crippen molar-refractivity contribution in [2.75, 3.05) is 0 Å². The average Bonchev–Trinajstić information content (AvgIpc) is 2.78. The minimum absolute atomic E-state index is 0.0647. The molecule has 0 saturated carbocycles. The van der Waals surface area contributed by atoms with Gasteiger partial charge in [0.1, 0.15) is 23.7 Å². The lowest BCUT2D eigenvalue weighted by Gasteiger charge is -2.20. The number of aromatic hydroxyl groups is 1. The molecule has 0 spiro atoms. The lowest BCUT2D eigenvalue weighted by Crippen LogP contribution is -2.24. The average molecular weight is 264 g/mol. The molecule has 0 aliphatic rings. The van der Waals surface area contributed by atoms with Crippen molar-refractivity contribution in [3.63, 3.8) is 0 Å². The molecule has 1 aromatic heterocycles. The second kappa shape index (κ2) is 5.36. The molecule has 6 heteroatoms. The van der Waals surface area contributed by atoms with Crippen LogP contribution in [0.25, 0.3) is 0 Å². The molecule has 0 bridgehead atoms. The predicted molar refractivity (Wildman–Crippen MR) is 69.0 cm³/mol. The van der Waals surface area contributed by atoms with Gasteiger partial charge in [0, 0.05) is 18.7 Å². The molecule has 5 nitrogen and oxygen atoms in total. The molecule has 0 aliphatic heterocycles. The van der Waals surface area contributed by atoms with Gasteiger partial charge in [-0.1, -0.05) is 0 Å². The Hall–Kier alpha value is -1.95. The van der Waals surface area contributed by atoms with Crippen molar-refractivity contribution in [3.05, 3.63) is 41.7 Å². The zero-order valence-electron chi connectivity index (χ0n) is 11.1. The minimum atomic E-state index is -0.368. The van der Waals surface area contributed by atoms with Gasteiger partial charge in [-0.2, -0.15) is 0 Å². The first-order valence-corrected chi connectivity index (χ1v) is 6.07. The molecule has 0 aliphatic carbocycles. The lowest BCUT2D eigenvalue weighted by molar-refractivity contribution is 0.426. The Bertz CT molecular complexity index is 570. The number of aromatic nitrogens is 3.